The molecule has 2 heteroatoms. The van der Waals surface area contributed by atoms with E-state index in [1.54, 1.807) is 0 Å². The average Bonchev–Trinajstić information content (AvgIpc) is 2.46. The van der Waals surface area contributed by atoms with Crippen molar-refractivity contribution in [1.82, 2.24) is 0 Å². The minimum absolute atomic E-state index is 0.117. The SMILES string of the molecule is CCCC[C@H](O)C[N+]1(C)CCC(c2ccccc2)CC1. The van der Waals surface area contributed by atoms with Gasteiger partial charge in [0.1, 0.15) is 12.6 Å². The molecule has 0 bridgehead atoms. The zero-order chi connectivity index (χ0) is 14.4. The van der Waals surface area contributed by atoms with Crippen LogP contribution in [0, 0.1) is 0 Å². The quantitative estimate of drug-likeness (QED) is 0.788. The van der Waals surface area contributed by atoms with E-state index in [0.29, 0.717) is 0 Å². The minimum atomic E-state index is -0.117. The molecule has 1 fully saturated rings. The topological polar surface area (TPSA) is 20.2 Å². The summed E-state index contributed by atoms with van der Waals surface area (Å²) in [5.41, 5.74) is 1.49. The maximum absolute atomic E-state index is 10.2. The van der Waals surface area contributed by atoms with Gasteiger partial charge in [0.05, 0.1) is 20.1 Å². The second-order valence-electron chi connectivity index (χ2n) is 6.73. The highest BCUT2D eigenvalue weighted by Crippen LogP contribution is 2.30. The van der Waals surface area contributed by atoms with Gasteiger partial charge in [0, 0.05) is 12.8 Å². The van der Waals surface area contributed by atoms with Crippen LogP contribution in [0.25, 0.3) is 0 Å². The zero-order valence-electron chi connectivity index (χ0n) is 13.1. The summed E-state index contributed by atoms with van der Waals surface area (Å²) < 4.78 is 1.05. The number of nitrogens with zero attached hydrogens (tertiary/aromatic N) is 1. The molecule has 1 aliphatic rings. The van der Waals surface area contributed by atoms with E-state index in [2.05, 4.69) is 44.3 Å². The van der Waals surface area contributed by atoms with E-state index in [1.165, 1.54) is 37.9 Å². The molecule has 2 nitrogen and oxygen atoms in total. The van der Waals surface area contributed by atoms with Crippen molar-refractivity contribution in [3.63, 3.8) is 0 Å². The van der Waals surface area contributed by atoms with Crippen molar-refractivity contribution in [1.29, 1.82) is 0 Å². The molecule has 1 aromatic rings. The standard InChI is InChI=1S/C18H30NO/c1-3-4-10-18(20)15-19(2)13-11-17(12-14-19)16-8-6-5-7-9-16/h5-9,17-18,20H,3-4,10-15H2,1-2H3/q+1/t17?,18-,19?/m0/s1. The van der Waals surface area contributed by atoms with Crippen LogP contribution in [0.15, 0.2) is 30.3 Å². The first-order valence-corrected chi connectivity index (χ1v) is 8.19. The fourth-order valence-electron chi connectivity index (χ4n) is 3.47. The molecule has 0 spiro atoms. The fraction of sp³-hybridized carbons (Fsp3) is 0.667. The molecule has 0 saturated carbocycles. The van der Waals surface area contributed by atoms with E-state index >= 15 is 0 Å². The van der Waals surface area contributed by atoms with Gasteiger partial charge in [-0.2, -0.15) is 0 Å². The number of piperidine rings is 1. The van der Waals surface area contributed by atoms with Crippen LogP contribution in [-0.2, 0) is 0 Å². The molecular weight excluding hydrogens is 246 g/mol. The molecule has 112 valence electrons. The number of aliphatic hydroxyl groups is 1. The summed E-state index contributed by atoms with van der Waals surface area (Å²) >= 11 is 0. The van der Waals surface area contributed by atoms with Crippen molar-refractivity contribution in [2.75, 3.05) is 26.7 Å². The van der Waals surface area contributed by atoms with Crippen molar-refractivity contribution < 1.29 is 9.59 Å². The third-order valence-electron chi connectivity index (χ3n) is 4.85. The first-order chi connectivity index (χ1) is 9.63. The number of benzene rings is 1. The summed E-state index contributed by atoms with van der Waals surface area (Å²) in [6.45, 7) is 5.52. The molecule has 0 unspecified atom stereocenters. The number of quaternary nitrogens is 1. The molecule has 1 aliphatic heterocycles. The summed E-state index contributed by atoms with van der Waals surface area (Å²) in [6.07, 6.45) is 5.67. The molecule has 0 radical (unpaired) electrons. The lowest BCUT2D eigenvalue weighted by atomic mass is 9.88. The predicted molar refractivity (Wildman–Crippen MR) is 84.7 cm³/mol. The molecule has 20 heavy (non-hydrogen) atoms. The Kier molecular flexibility index (Phi) is 5.62. The van der Waals surface area contributed by atoms with Crippen LogP contribution < -0.4 is 0 Å². The Labute approximate surface area is 124 Å². The molecule has 0 aromatic heterocycles. The maximum atomic E-state index is 10.2. The Balaban J connectivity index is 1.83. The normalized spacial score (nSPS) is 28.2. The van der Waals surface area contributed by atoms with E-state index in [1.807, 2.05) is 0 Å². The Morgan fingerprint density at radius 2 is 1.85 bits per heavy atom. The van der Waals surface area contributed by atoms with E-state index in [-0.39, 0.29) is 6.10 Å². The number of hydrogen-bond donors (Lipinski definition) is 1. The molecule has 1 atom stereocenters. The summed E-state index contributed by atoms with van der Waals surface area (Å²) in [4.78, 5) is 0. The number of likely N-dealkylation sites (tertiary alicyclic amines) is 1. The van der Waals surface area contributed by atoms with Crippen molar-refractivity contribution in [3.05, 3.63) is 35.9 Å². The Bertz CT molecular complexity index is 382. The third kappa shape index (κ3) is 4.32. The maximum Gasteiger partial charge on any atom is 0.105 e. The van der Waals surface area contributed by atoms with Gasteiger partial charge in [-0.15, -0.1) is 0 Å². The van der Waals surface area contributed by atoms with E-state index in [9.17, 15) is 5.11 Å². The summed E-state index contributed by atoms with van der Waals surface area (Å²) in [6, 6.07) is 10.9. The molecule has 1 aromatic carbocycles. The fourth-order valence-corrected chi connectivity index (χ4v) is 3.47. The number of unbranched alkanes of at least 4 members (excludes halogenated alkanes) is 1. The Morgan fingerprint density at radius 3 is 2.45 bits per heavy atom. The third-order valence-corrected chi connectivity index (χ3v) is 4.85. The van der Waals surface area contributed by atoms with Gasteiger partial charge in [-0.25, -0.2) is 0 Å². The highest BCUT2D eigenvalue weighted by molar-refractivity contribution is 5.19. The van der Waals surface area contributed by atoms with Crippen LogP contribution in [0.2, 0.25) is 0 Å². The Hall–Kier alpha value is -0.860. The first-order valence-electron chi connectivity index (χ1n) is 8.19. The second-order valence-corrected chi connectivity index (χ2v) is 6.73. The summed E-state index contributed by atoms with van der Waals surface area (Å²) in [5.74, 6) is 0.718. The highest BCUT2D eigenvalue weighted by Gasteiger charge is 2.32. The number of rotatable bonds is 6. The van der Waals surface area contributed by atoms with Gasteiger partial charge in [-0.3, -0.25) is 0 Å². The van der Waals surface area contributed by atoms with Gasteiger partial charge in [0.2, 0.25) is 0 Å². The van der Waals surface area contributed by atoms with Gasteiger partial charge < -0.3 is 9.59 Å². The van der Waals surface area contributed by atoms with E-state index < -0.39 is 0 Å². The summed E-state index contributed by atoms with van der Waals surface area (Å²) in [5, 5.41) is 10.2. The van der Waals surface area contributed by atoms with Crippen LogP contribution in [0.1, 0.15) is 50.5 Å². The smallest absolute Gasteiger partial charge is 0.105 e. The van der Waals surface area contributed by atoms with Crippen molar-refractivity contribution in [3.8, 4) is 0 Å². The second kappa shape index (κ2) is 7.24. The largest absolute Gasteiger partial charge is 0.387 e. The van der Waals surface area contributed by atoms with Gasteiger partial charge in [-0.05, 0) is 17.9 Å². The first kappa shape index (κ1) is 15.5. The van der Waals surface area contributed by atoms with Gasteiger partial charge >= 0.3 is 0 Å². The van der Waals surface area contributed by atoms with Crippen LogP contribution in [0.4, 0.5) is 0 Å². The van der Waals surface area contributed by atoms with Crippen LogP contribution in [0.5, 0.6) is 0 Å². The minimum Gasteiger partial charge on any atom is -0.387 e. The molecular formula is C18H30NO+. The predicted octanol–water partition coefficient (Wildman–Crippen LogP) is 3.56. The molecule has 1 N–H and O–H groups in total. The number of likely N-dealkylation sites (N-methyl/N-ethyl adjacent to an activating group) is 1. The summed E-state index contributed by atoms with van der Waals surface area (Å²) in [7, 11) is 2.32. The zero-order valence-corrected chi connectivity index (χ0v) is 13.1. The lowest BCUT2D eigenvalue weighted by Gasteiger charge is -2.42. The van der Waals surface area contributed by atoms with E-state index in [4.69, 9.17) is 0 Å². The van der Waals surface area contributed by atoms with Crippen molar-refractivity contribution >= 4 is 0 Å². The van der Waals surface area contributed by atoms with Crippen LogP contribution in [0.3, 0.4) is 0 Å². The highest BCUT2D eigenvalue weighted by atomic mass is 16.3. The van der Waals surface area contributed by atoms with Crippen LogP contribution in [-0.4, -0.2) is 42.4 Å². The lowest BCUT2D eigenvalue weighted by molar-refractivity contribution is -0.917. The van der Waals surface area contributed by atoms with Crippen molar-refractivity contribution in [2.24, 2.45) is 0 Å². The number of hydrogen-bond acceptors (Lipinski definition) is 1. The van der Waals surface area contributed by atoms with Gasteiger partial charge in [0.25, 0.3) is 0 Å². The van der Waals surface area contributed by atoms with Gasteiger partial charge in [0.15, 0.2) is 0 Å². The van der Waals surface area contributed by atoms with Crippen LogP contribution >= 0.6 is 0 Å². The average molecular weight is 276 g/mol. The molecule has 1 saturated heterocycles. The van der Waals surface area contributed by atoms with Crippen molar-refractivity contribution in [2.45, 2.75) is 51.0 Å². The molecule has 0 aliphatic carbocycles. The van der Waals surface area contributed by atoms with Gasteiger partial charge in [-0.1, -0.05) is 50.1 Å². The Morgan fingerprint density at radius 1 is 1.20 bits per heavy atom. The van der Waals surface area contributed by atoms with E-state index in [0.717, 1.165) is 29.8 Å². The molecule has 1 heterocycles. The lowest BCUT2D eigenvalue weighted by Crippen LogP contribution is -2.53. The number of aliphatic hydroxyl groups excluding tert-OH is 1. The molecule has 0 amide bonds. The molecule has 2 rings (SSSR count). The monoisotopic (exact) mass is 276 g/mol.